The van der Waals surface area contributed by atoms with Gasteiger partial charge in [-0.1, -0.05) is 42.0 Å². The molecule has 146 valence electrons. The average Bonchev–Trinajstić information content (AvgIpc) is 2.69. The smallest absolute Gasteiger partial charge is 0.286 e. The lowest BCUT2D eigenvalue weighted by Crippen LogP contribution is -3.00. The number of aromatic nitrogens is 1. The van der Waals surface area contributed by atoms with Crippen molar-refractivity contribution in [2.75, 3.05) is 5.32 Å². The molecule has 0 atom stereocenters. The van der Waals surface area contributed by atoms with Crippen LogP contribution in [0.2, 0.25) is 0 Å². The second kappa shape index (κ2) is 8.29. The van der Waals surface area contributed by atoms with Crippen molar-refractivity contribution in [2.24, 2.45) is 0 Å². The highest BCUT2D eigenvalue weighted by Crippen LogP contribution is 2.28. The molecule has 29 heavy (non-hydrogen) atoms. The Morgan fingerprint density at radius 2 is 1.38 bits per heavy atom. The van der Waals surface area contributed by atoms with Gasteiger partial charge in [-0.05, 0) is 38.0 Å². The van der Waals surface area contributed by atoms with E-state index in [1.165, 1.54) is 0 Å². The van der Waals surface area contributed by atoms with Gasteiger partial charge >= 0.3 is 0 Å². The average molecular weight is 496 g/mol. The van der Waals surface area contributed by atoms with Crippen LogP contribution >= 0.6 is 0 Å². The molecule has 4 nitrogen and oxygen atoms in total. The summed E-state index contributed by atoms with van der Waals surface area (Å²) in [5, 5.41) is 3.25. The molecule has 0 aliphatic heterocycles. The third-order valence-electron chi connectivity index (χ3n) is 4.99. The predicted octanol–water partition coefficient (Wildman–Crippen LogP) is 1.26. The van der Waals surface area contributed by atoms with E-state index in [-0.39, 0.29) is 35.5 Å². The van der Waals surface area contributed by atoms with Gasteiger partial charge in [0.1, 0.15) is 0 Å². The highest BCUT2D eigenvalue weighted by molar-refractivity contribution is 6.36. The first-order valence-corrected chi connectivity index (χ1v) is 9.21. The number of hydrogen-bond acceptors (Lipinski definition) is 3. The van der Waals surface area contributed by atoms with Crippen molar-refractivity contribution in [1.82, 2.24) is 0 Å². The summed E-state index contributed by atoms with van der Waals surface area (Å²) in [7, 11) is 0. The number of allylic oxidation sites excluding steroid dienone is 2. The van der Waals surface area contributed by atoms with Crippen molar-refractivity contribution < 1.29 is 38.1 Å². The Kier molecular flexibility index (Phi) is 5.98. The summed E-state index contributed by atoms with van der Waals surface area (Å²) in [6, 6.07) is 16.8. The predicted molar refractivity (Wildman–Crippen MR) is 109 cm³/mol. The van der Waals surface area contributed by atoms with Crippen molar-refractivity contribution >= 4 is 23.0 Å². The van der Waals surface area contributed by atoms with Crippen LogP contribution in [0.15, 0.2) is 72.7 Å². The Labute approximate surface area is 187 Å². The van der Waals surface area contributed by atoms with Gasteiger partial charge in [-0.15, -0.1) is 0 Å². The molecule has 4 rings (SSSR count). The van der Waals surface area contributed by atoms with Crippen LogP contribution in [0.25, 0.3) is 5.70 Å². The molecule has 2 aromatic carbocycles. The molecule has 0 fully saturated rings. The zero-order valence-electron chi connectivity index (χ0n) is 16.5. The van der Waals surface area contributed by atoms with E-state index < -0.39 is 0 Å². The number of carbonyl (C=O) groups is 2. The number of benzene rings is 2. The van der Waals surface area contributed by atoms with Gasteiger partial charge in [0.25, 0.3) is 11.5 Å². The van der Waals surface area contributed by atoms with E-state index in [0.717, 1.165) is 22.4 Å². The second-order valence-electron chi connectivity index (χ2n) is 7.15. The summed E-state index contributed by atoms with van der Waals surface area (Å²) in [6.45, 7) is 5.99. The number of carbonyl (C=O) groups excluding carboxylic acids is 2. The minimum atomic E-state index is -0.182. The van der Waals surface area contributed by atoms with E-state index in [1.807, 2.05) is 63.5 Å². The van der Waals surface area contributed by atoms with Gasteiger partial charge in [0, 0.05) is 28.9 Å². The summed E-state index contributed by atoms with van der Waals surface area (Å²) in [4.78, 5) is 26.6. The largest absolute Gasteiger partial charge is 1.00 e. The SMILES string of the molecule is Cc1cc[n+](C2=C(Nc3ccc(C)cc3C)C(=O)c3ccccc3C2=O)cc1.[I-]. The number of hydrogen-bond donors (Lipinski definition) is 1. The molecule has 1 aliphatic rings. The molecule has 0 bridgehead atoms. The first kappa shape index (κ1) is 20.9. The minimum Gasteiger partial charge on any atom is -1.00 e. The van der Waals surface area contributed by atoms with Crippen molar-refractivity contribution in [2.45, 2.75) is 20.8 Å². The van der Waals surface area contributed by atoms with Gasteiger partial charge in [-0.2, -0.15) is 4.57 Å². The van der Waals surface area contributed by atoms with Gasteiger partial charge in [-0.25, -0.2) is 0 Å². The van der Waals surface area contributed by atoms with Crippen LogP contribution in [0.5, 0.6) is 0 Å². The molecule has 0 saturated heterocycles. The Balaban J connectivity index is 0.00000240. The first-order valence-electron chi connectivity index (χ1n) is 9.21. The number of anilines is 1. The summed E-state index contributed by atoms with van der Waals surface area (Å²) in [6.07, 6.45) is 3.63. The number of Topliss-reactive ketones (excluding diaryl/α,β-unsaturated/α-hetero) is 2. The zero-order valence-corrected chi connectivity index (χ0v) is 18.7. The topological polar surface area (TPSA) is 50.1 Å². The number of aryl methyl sites for hydroxylation is 3. The number of nitrogens with one attached hydrogen (secondary N) is 1. The third kappa shape index (κ3) is 3.87. The molecule has 5 heteroatoms. The number of rotatable bonds is 3. The molecule has 3 aromatic rings. The molecule has 1 heterocycles. The van der Waals surface area contributed by atoms with E-state index in [0.29, 0.717) is 22.5 Å². The quantitative estimate of drug-likeness (QED) is 0.439. The molecule has 1 aliphatic carbocycles. The highest BCUT2D eigenvalue weighted by Gasteiger charge is 2.38. The van der Waals surface area contributed by atoms with Crippen LogP contribution in [-0.2, 0) is 0 Å². The molecule has 0 unspecified atom stereocenters. The summed E-state index contributed by atoms with van der Waals surface area (Å²) < 4.78 is 1.72. The van der Waals surface area contributed by atoms with Crippen LogP contribution < -0.4 is 33.9 Å². The molecule has 1 aromatic heterocycles. The van der Waals surface area contributed by atoms with Crippen molar-refractivity contribution in [3.63, 3.8) is 0 Å². The number of nitrogens with zero attached hydrogens (tertiary/aromatic N) is 1. The Hall–Kier alpha value is -2.80. The fourth-order valence-electron chi connectivity index (χ4n) is 3.46. The minimum absolute atomic E-state index is 0. The molecular weight excluding hydrogens is 475 g/mol. The zero-order chi connectivity index (χ0) is 19.8. The molecule has 0 saturated carbocycles. The Bertz CT molecular complexity index is 1150. The number of ketones is 2. The van der Waals surface area contributed by atoms with E-state index >= 15 is 0 Å². The lowest BCUT2D eigenvalue weighted by Gasteiger charge is -2.19. The van der Waals surface area contributed by atoms with Crippen molar-refractivity contribution in [3.8, 4) is 0 Å². The lowest BCUT2D eigenvalue weighted by atomic mass is 9.89. The second-order valence-corrected chi connectivity index (χ2v) is 7.15. The van der Waals surface area contributed by atoms with Crippen molar-refractivity contribution in [1.29, 1.82) is 0 Å². The van der Waals surface area contributed by atoms with Gasteiger partial charge in [-0.3, -0.25) is 9.59 Å². The van der Waals surface area contributed by atoms with Crippen LogP contribution in [0.3, 0.4) is 0 Å². The van der Waals surface area contributed by atoms with Crippen LogP contribution in [0, 0.1) is 20.8 Å². The number of halogens is 1. The first-order chi connectivity index (χ1) is 13.5. The summed E-state index contributed by atoms with van der Waals surface area (Å²) >= 11 is 0. The molecule has 0 amide bonds. The monoisotopic (exact) mass is 496 g/mol. The van der Waals surface area contributed by atoms with Gasteiger partial charge in [0.05, 0.1) is 0 Å². The lowest BCUT2D eigenvalue weighted by molar-refractivity contribution is -0.577. The molecule has 0 radical (unpaired) electrons. The van der Waals surface area contributed by atoms with Crippen LogP contribution in [0.4, 0.5) is 5.69 Å². The standard InChI is InChI=1S/C24H20N2O2.HI/c1-15-10-12-26(13-11-15)22-21(25-20-9-8-16(2)14-17(20)3)23(27)18-6-4-5-7-19(18)24(22)28;/h4-14H,1-3H3;1H. The maximum Gasteiger partial charge on any atom is 0.286 e. The number of fused-ring (bicyclic) bond motifs is 1. The fraction of sp³-hybridized carbons (Fsp3) is 0.125. The third-order valence-corrected chi connectivity index (χ3v) is 4.99. The van der Waals surface area contributed by atoms with Crippen LogP contribution in [-0.4, -0.2) is 11.6 Å². The summed E-state index contributed by atoms with van der Waals surface area (Å²) in [5.41, 5.74) is 5.54. The molecule has 1 N–H and O–H groups in total. The van der Waals surface area contributed by atoms with Crippen LogP contribution in [0.1, 0.15) is 37.4 Å². The Morgan fingerprint density at radius 3 is 2.00 bits per heavy atom. The van der Waals surface area contributed by atoms with Gasteiger partial charge in [0.2, 0.25) is 5.78 Å². The van der Waals surface area contributed by atoms with E-state index in [2.05, 4.69) is 5.32 Å². The van der Waals surface area contributed by atoms with Gasteiger partial charge in [0.15, 0.2) is 18.1 Å². The van der Waals surface area contributed by atoms with Crippen molar-refractivity contribution in [3.05, 3.63) is 101 Å². The molecular formula is C24H21IN2O2. The summed E-state index contributed by atoms with van der Waals surface area (Å²) in [5.74, 6) is -0.352. The Morgan fingerprint density at radius 1 is 0.759 bits per heavy atom. The number of pyridine rings is 1. The normalized spacial score (nSPS) is 13.1. The van der Waals surface area contributed by atoms with Gasteiger partial charge < -0.3 is 29.3 Å². The fourth-order valence-corrected chi connectivity index (χ4v) is 3.46. The maximum absolute atomic E-state index is 13.3. The maximum atomic E-state index is 13.3. The highest BCUT2D eigenvalue weighted by atomic mass is 127. The van der Waals surface area contributed by atoms with E-state index in [4.69, 9.17) is 0 Å². The van der Waals surface area contributed by atoms with E-state index in [9.17, 15) is 9.59 Å². The molecule has 0 spiro atoms. The van der Waals surface area contributed by atoms with E-state index in [1.54, 1.807) is 28.8 Å².